The number of anilines is 2. The van der Waals surface area contributed by atoms with Gasteiger partial charge in [0.05, 0.1) is 16.4 Å². The van der Waals surface area contributed by atoms with E-state index in [1.54, 1.807) is 11.3 Å². The lowest BCUT2D eigenvalue weighted by atomic mass is 9.97. The van der Waals surface area contributed by atoms with E-state index in [2.05, 4.69) is 38.3 Å². The normalized spacial score (nSPS) is 17.7. The molecule has 0 radical (unpaired) electrons. The summed E-state index contributed by atoms with van der Waals surface area (Å²) in [6, 6.07) is 12.2. The fourth-order valence-corrected chi connectivity index (χ4v) is 5.90. The number of benzene rings is 1. The zero-order valence-corrected chi connectivity index (χ0v) is 20.9. The van der Waals surface area contributed by atoms with Crippen molar-refractivity contribution in [2.45, 2.75) is 38.0 Å². The second kappa shape index (κ2) is 11.6. The van der Waals surface area contributed by atoms with Gasteiger partial charge < -0.3 is 10.2 Å². The third kappa shape index (κ3) is 6.16. The van der Waals surface area contributed by atoms with E-state index in [0.29, 0.717) is 11.6 Å². The summed E-state index contributed by atoms with van der Waals surface area (Å²) >= 11 is 1.62. The van der Waals surface area contributed by atoms with Gasteiger partial charge in [-0.2, -0.15) is 0 Å². The number of nitrogens with one attached hydrogen (secondary N) is 1. The average Bonchev–Trinajstić information content (AvgIpc) is 3.41. The highest BCUT2D eigenvalue weighted by molar-refractivity contribution is 7.10. The highest BCUT2D eigenvalue weighted by Crippen LogP contribution is 2.32. The molecule has 2 fully saturated rings. The van der Waals surface area contributed by atoms with Crippen molar-refractivity contribution in [2.24, 2.45) is 0 Å². The Morgan fingerprint density at radius 3 is 2.60 bits per heavy atom. The first kappa shape index (κ1) is 23.7. The molecule has 182 valence electrons. The fraction of sp³-hybridized carbons (Fsp3) is 0.393. The van der Waals surface area contributed by atoms with Crippen molar-refractivity contribution < 1.29 is 4.79 Å². The Bertz CT molecular complexity index is 1130. The van der Waals surface area contributed by atoms with Gasteiger partial charge in [0, 0.05) is 43.3 Å². The summed E-state index contributed by atoms with van der Waals surface area (Å²) in [7, 11) is 0. The van der Waals surface area contributed by atoms with Crippen LogP contribution in [-0.4, -0.2) is 53.5 Å². The number of carbonyl (C=O) groups is 1. The van der Waals surface area contributed by atoms with Crippen molar-refractivity contribution >= 4 is 34.7 Å². The van der Waals surface area contributed by atoms with E-state index in [1.807, 2.05) is 48.1 Å². The van der Waals surface area contributed by atoms with Crippen LogP contribution in [0.1, 0.15) is 59.1 Å². The van der Waals surface area contributed by atoms with Crippen LogP contribution in [0.15, 0.2) is 60.2 Å². The summed E-state index contributed by atoms with van der Waals surface area (Å²) in [4.78, 5) is 26.7. The third-order valence-electron chi connectivity index (χ3n) is 6.92. The molecule has 2 saturated heterocycles. The molecule has 2 aliphatic heterocycles. The number of pyridine rings is 1. The number of likely N-dealkylation sites (tertiary alicyclic amines) is 1. The van der Waals surface area contributed by atoms with E-state index in [4.69, 9.17) is 4.98 Å². The second-order valence-electron chi connectivity index (χ2n) is 9.35. The predicted molar refractivity (Wildman–Crippen MR) is 144 cm³/mol. The number of piperidine rings is 2. The van der Waals surface area contributed by atoms with Gasteiger partial charge in [-0.05, 0) is 75.0 Å². The number of hydrogen-bond donors (Lipinski definition) is 1. The zero-order chi connectivity index (χ0) is 23.9. The Kier molecular flexibility index (Phi) is 7.85. The highest BCUT2D eigenvalue weighted by atomic mass is 32.1. The van der Waals surface area contributed by atoms with E-state index in [1.165, 1.54) is 24.8 Å². The van der Waals surface area contributed by atoms with Crippen LogP contribution in [0.25, 0.3) is 6.08 Å². The molecule has 0 saturated carbocycles. The minimum Gasteiger partial charge on any atom is -0.370 e. The number of hydrogen-bond acceptors (Lipinski definition) is 6. The van der Waals surface area contributed by atoms with E-state index >= 15 is 0 Å². The van der Waals surface area contributed by atoms with E-state index < -0.39 is 0 Å². The maximum atomic E-state index is 13.0. The summed E-state index contributed by atoms with van der Waals surface area (Å²) in [6.45, 7) is 5.15. The monoisotopic (exact) mass is 487 g/mol. The van der Waals surface area contributed by atoms with Gasteiger partial charge in [-0.15, -0.1) is 11.3 Å². The highest BCUT2D eigenvalue weighted by Gasteiger charge is 2.24. The molecule has 1 N–H and O–H groups in total. The van der Waals surface area contributed by atoms with E-state index in [-0.39, 0.29) is 5.91 Å². The van der Waals surface area contributed by atoms with Crippen molar-refractivity contribution in [3.05, 3.63) is 76.5 Å². The first-order valence-electron chi connectivity index (χ1n) is 12.7. The zero-order valence-electron chi connectivity index (χ0n) is 20.1. The number of para-hydroxylation sites is 2. The van der Waals surface area contributed by atoms with Crippen molar-refractivity contribution in [1.82, 2.24) is 14.9 Å². The van der Waals surface area contributed by atoms with E-state index in [0.717, 1.165) is 61.9 Å². The van der Waals surface area contributed by atoms with Crippen LogP contribution in [0, 0.1) is 0 Å². The molecule has 0 bridgehead atoms. The molecule has 7 heteroatoms. The molecule has 0 atom stereocenters. The van der Waals surface area contributed by atoms with Gasteiger partial charge in [-0.1, -0.05) is 24.3 Å². The van der Waals surface area contributed by atoms with Crippen molar-refractivity contribution in [3.8, 4) is 0 Å². The second-order valence-corrected chi connectivity index (χ2v) is 10.2. The molecule has 2 aromatic heterocycles. The number of rotatable bonds is 7. The number of carbonyl (C=O) groups excluding carboxylic acids is 1. The lowest BCUT2D eigenvalue weighted by Gasteiger charge is -2.30. The molecule has 1 amide bonds. The number of nitrogens with zero attached hydrogens (tertiary/aromatic N) is 4. The van der Waals surface area contributed by atoms with Gasteiger partial charge in [0.1, 0.15) is 5.69 Å². The molecule has 5 rings (SSSR count). The quantitative estimate of drug-likeness (QED) is 0.465. The third-order valence-corrected chi connectivity index (χ3v) is 7.93. The smallest absolute Gasteiger partial charge is 0.275 e. The van der Waals surface area contributed by atoms with Crippen LogP contribution < -0.4 is 10.2 Å². The summed E-state index contributed by atoms with van der Waals surface area (Å²) in [5.74, 6) is 0.318. The van der Waals surface area contributed by atoms with Gasteiger partial charge in [-0.25, -0.2) is 4.98 Å². The fourth-order valence-electron chi connectivity index (χ4n) is 4.93. The van der Waals surface area contributed by atoms with Crippen molar-refractivity contribution in [1.29, 1.82) is 0 Å². The van der Waals surface area contributed by atoms with Crippen LogP contribution in [-0.2, 0) is 0 Å². The summed E-state index contributed by atoms with van der Waals surface area (Å²) < 4.78 is 0. The van der Waals surface area contributed by atoms with Crippen molar-refractivity contribution in [2.75, 3.05) is 42.9 Å². The lowest BCUT2D eigenvalue weighted by molar-refractivity contribution is 0.102. The summed E-state index contributed by atoms with van der Waals surface area (Å²) in [6.07, 6.45) is 13.9. The number of aromatic nitrogens is 2. The largest absolute Gasteiger partial charge is 0.370 e. The van der Waals surface area contributed by atoms with Crippen LogP contribution in [0.4, 0.5) is 11.4 Å². The summed E-state index contributed by atoms with van der Waals surface area (Å²) in [5.41, 5.74) is 3.70. The minimum absolute atomic E-state index is 0.115. The SMILES string of the molecule is O=C(Nc1ccccc1N1CCCCC1)c1csc(C2CCN(C/C=C\c3ccncc3)CC2)n1. The number of amides is 1. The molecule has 6 nitrogen and oxygen atoms in total. The van der Waals surface area contributed by atoms with Crippen LogP contribution in [0.2, 0.25) is 0 Å². The predicted octanol–water partition coefficient (Wildman–Crippen LogP) is 5.67. The maximum Gasteiger partial charge on any atom is 0.275 e. The standard InChI is InChI=1S/C28H33N5OS/c34-27(30-24-8-2-3-9-26(24)33-17-4-1-5-18-33)25-21-35-28(31-25)23-12-19-32(20-13-23)16-6-7-22-10-14-29-15-11-22/h2-3,6-11,14-15,21,23H,1,4-5,12-13,16-20H2,(H,30,34)/b7-6-. The van der Waals surface area contributed by atoms with Gasteiger partial charge in [-0.3, -0.25) is 14.7 Å². The summed E-state index contributed by atoms with van der Waals surface area (Å²) in [5, 5.41) is 6.13. The molecule has 4 heterocycles. The molecule has 0 aliphatic carbocycles. The Hall–Kier alpha value is -3.03. The number of thiazole rings is 1. The van der Waals surface area contributed by atoms with Crippen molar-refractivity contribution in [3.63, 3.8) is 0 Å². The molecular formula is C28H33N5OS. The maximum absolute atomic E-state index is 13.0. The first-order chi connectivity index (χ1) is 17.3. The Morgan fingerprint density at radius 2 is 1.80 bits per heavy atom. The van der Waals surface area contributed by atoms with Gasteiger partial charge in [0.25, 0.3) is 5.91 Å². The minimum atomic E-state index is -0.115. The Morgan fingerprint density at radius 1 is 1.03 bits per heavy atom. The molecule has 0 spiro atoms. The molecular weight excluding hydrogens is 454 g/mol. The van der Waals surface area contributed by atoms with Gasteiger partial charge in [0.2, 0.25) is 0 Å². The molecule has 3 aromatic rings. The van der Waals surface area contributed by atoms with Gasteiger partial charge >= 0.3 is 0 Å². The van der Waals surface area contributed by atoms with Crippen LogP contribution in [0.3, 0.4) is 0 Å². The Labute approximate surface area is 211 Å². The first-order valence-corrected chi connectivity index (χ1v) is 13.5. The van der Waals surface area contributed by atoms with E-state index in [9.17, 15) is 4.79 Å². The van der Waals surface area contributed by atoms with Crippen LogP contribution >= 0.6 is 11.3 Å². The Balaban J connectivity index is 1.14. The molecule has 2 aliphatic rings. The molecule has 1 aromatic carbocycles. The lowest BCUT2D eigenvalue weighted by Crippen LogP contribution is -2.33. The topological polar surface area (TPSA) is 61.4 Å². The van der Waals surface area contributed by atoms with Gasteiger partial charge in [0.15, 0.2) is 0 Å². The molecule has 35 heavy (non-hydrogen) atoms. The average molecular weight is 488 g/mol. The molecule has 0 unspecified atom stereocenters. The van der Waals surface area contributed by atoms with Crippen LogP contribution in [0.5, 0.6) is 0 Å².